The second kappa shape index (κ2) is 9.01. The highest BCUT2D eigenvalue weighted by molar-refractivity contribution is 7.89. The molecule has 1 aliphatic rings. The number of likely N-dealkylation sites (tertiary alicyclic amines) is 1. The fourth-order valence-corrected chi connectivity index (χ4v) is 4.86. The van der Waals surface area contributed by atoms with Crippen molar-refractivity contribution in [2.45, 2.75) is 24.3 Å². The molecular weight excluding hydrogens is 443 g/mol. The molecule has 1 aliphatic heterocycles. The standard InChI is InChI=1S/C19H19Cl3N2O3S/c20-15-4-6-16(7-5-15)28(26,27)24(13-19(25)23-9-1-2-10-23)12-14-3-8-17(21)18(22)11-14/h3-8,11H,1-2,9-10,12-13H2. The zero-order valence-electron chi connectivity index (χ0n) is 14.9. The minimum atomic E-state index is -3.91. The molecule has 2 aromatic rings. The summed E-state index contributed by atoms with van der Waals surface area (Å²) in [4.78, 5) is 14.4. The van der Waals surface area contributed by atoms with Gasteiger partial charge < -0.3 is 4.90 Å². The van der Waals surface area contributed by atoms with Crippen LogP contribution in [0.25, 0.3) is 0 Å². The molecule has 28 heavy (non-hydrogen) atoms. The van der Waals surface area contributed by atoms with Crippen LogP contribution in [0.2, 0.25) is 15.1 Å². The Kier molecular flexibility index (Phi) is 6.89. The molecule has 0 bridgehead atoms. The summed E-state index contributed by atoms with van der Waals surface area (Å²) < 4.78 is 27.6. The molecule has 2 aromatic carbocycles. The first-order valence-electron chi connectivity index (χ1n) is 8.75. The molecule has 0 radical (unpaired) electrons. The van der Waals surface area contributed by atoms with Crippen LogP contribution in [-0.4, -0.2) is 43.2 Å². The molecule has 5 nitrogen and oxygen atoms in total. The Labute approximate surface area is 179 Å². The van der Waals surface area contributed by atoms with Crippen LogP contribution in [0.5, 0.6) is 0 Å². The molecule has 0 atom stereocenters. The molecule has 9 heteroatoms. The third kappa shape index (κ3) is 4.99. The Bertz CT molecular complexity index is 959. The number of amides is 1. The molecule has 0 aliphatic carbocycles. The highest BCUT2D eigenvalue weighted by Gasteiger charge is 2.29. The summed E-state index contributed by atoms with van der Waals surface area (Å²) in [6, 6.07) is 10.8. The van der Waals surface area contributed by atoms with Crippen molar-refractivity contribution in [2.75, 3.05) is 19.6 Å². The molecule has 3 rings (SSSR count). The minimum absolute atomic E-state index is 0.00142. The van der Waals surface area contributed by atoms with E-state index in [-0.39, 0.29) is 23.9 Å². The van der Waals surface area contributed by atoms with Gasteiger partial charge in [0, 0.05) is 24.7 Å². The van der Waals surface area contributed by atoms with Gasteiger partial charge in [-0.1, -0.05) is 40.9 Å². The quantitative estimate of drug-likeness (QED) is 0.638. The van der Waals surface area contributed by atoms with Gasteiger partial charge in [-0.05, 0) is 54.8 Å². The van der Waals surface area contributed by atoms with Gasteiger partial charge in [-0.2, -0.15) is 4.31 Å². The van der Waals surface area contributed by atoms with E-state index in [2.05, 4.69) is 0 Å². The Morgan fingerprint density at radius 1 is 0.964 bits per heavy atom. The van der Waals surface area contributed by atoms with E-state index in [9.17, 15) is 13.2 Å². The lowest BCUT2D eigenvalue weighted by Crippen LogP contribution is -2.41. The maximum Gasteiger partial charge on any atom is 0.243 e. The lowest BCUT2D eigenvalue weighted by Gasteiger charge is -2.25. The molecule has 1 heterocycles. The van der Waals surface area contributed by atoms with Gasteiger partial charge in [-0.15, -0.1) is 0 Å². The lowest BCUT2D eigenvalue weighted by atomic mass is 10.2. The number of carbonyl (C=O) groups is 1. The summed E-state index contributed by atoms with van der Waals surface area (Å²) in [7, 11) is -3.91. The van der Waals surface area contributed by atoms with Crippen LogP contribution in [0.15, 0.2) is 47.4 Å². The molecule has 0 saturated carbocycles. The number of hydrogen-bond acceptors (Lipinski definition) is 3. The van der Waals surface area contributed by atoms with Crippen molar-refractivity contribution in [1.82, 2.24) is 9.21 Å². The number of benzene rings is 2. The van der Waals surface area contributed by atoms with Crippen molar-refractivity contribution < 1.29 is 13.2 Å². The second-order valence-corrected chi connectivity index (χ2v) is 9.75. The maximum atomic E-state index is 13.2. The van der Waals surface area contributed by atoms with E-state index < -0.39 is 10.0 Å². The van der Waals surface area contributed by atoms with Gasteiger partial charge >= 0.3 is 0 Å². The number of sulfonamides is 1. The molecule has 150 valence electrons. The summed E-state index contributed by atoms with van der Waals surface area (Å²) >= 11 is 17.9. The van der Waals surface area contributed by atoms with Gasteiger partial charge in [-0.3, -0.25) is 4.79 Å². The molecule has 1 saturated heterocycles. The second-order valence-electron chi connectivity index (χ2n) is 6.56. The Balaban J connectivity index is 1.91. The van der Waals surface area contributed by atoms with Crippen molar-refractivity contribution in [3.05, 3.63) is 63.1 Å². The molecule has 0 N–H and O–H groups in total. The number of carbonyl (C=O) groups excluding carboxylic acids is 1. The topological polar surface area (TPSA) is 57.7 Å². The summed E-state index contributed by atoms with van der Waals surface area (Å²) in [6.45, 7) is 1.06. The zero-order valence-corrected chi connectivity index (χ0v) is 18.0. The van der Waals surface area contributed by atoms with E-state index in [1.54, 1.807) is 23.1 Å². The van der Waals surface area contributed by atoms with E-state index >= 15 is 0 Å². The predicted octanol–water partition coefficient (Wildman–Crippen LogP) is 4.46. The van der Waals surface area contributed by atoms with Crippen LogP contribution in [0.1, 0.15) is 18.4 Å². The van der Waals surface area contributed by atoms with Gasteiger partial charge in [0.15, 0.2) is 0 Å². The fourth-order valence-electron chi connectivity index (χ4n) is 3.04. The number of nitrogens with zero attached hydrogens (tertiary/aromatic N) is 2. The Morgan fingerprint density at radius 3 is 2.21 bits per heavy atom. The average molecular weight is 462 g/mol. The van der Waals surface area contributed by atoms with Crippen LogP contribution >= 0.6 is 34.8 Å². The molecule has 1 fully saturated rings. The average Bonchev–Trinajstić information content (AvgIpc) is 3.19. The van der Waals surface area contributed by atoms with Crippen LogP contribution < -0.4 is 0 Å². The monoisotopic (exact) mass is 460 g/mol. The van der Waals surface area contributed by atoms with Crippen molar-refractivity contribution in [3.8, 4) is 0 Å². The molecule has 1 amide bonds. The van der Waals surface area contributed by atoms with E-state index in [4.69, 9.17) is 34.8 Å². The number of halogens is 3. The smallest absolute Gasteiger partial charge is 0.243 e. The minimum Gasteiger partial charge on any atom is -0.342 e. The highest BCUT2D eigenvalue weighted by Crippen LogP contribution is 2.26. The van der Waals surface area contributed by atoms with Gasteiger partial charge in [0.25, 0.3) is 0 Å². The number of hydrogen-bond donors (Lipinski definition) is 0. The highest BCUT2D eigenvalue weighted by atomic mass is 35.5. The van der Waals surface area contributed by atoms with E-state index in [1.807, 2.05) is 0 Å². The lowest BCUT2D eigenvalue weighted by molar-refractivity contribution is -0.130. The third-order valence-corrected chi connectivity index (χ3v) is 7.36. The predicted molar refractivity (Wildman–Crippen MR) is 111 cm³/mol. The summed E-state index contributed by atoms with van der Waals surface area (Å²) in [5, 5.41) is 1.14. The van der Waals surface area contributed by atoms with Crippen LogP contribution in [0.4, 0.5) is 0 Å². The summed E-state index contributed by atoms with van der Waals surface area (Å²) in [6.07, 6.45) is 1.87. The van der Waals surface area contributed by atoms with Crippen LogP contribution in [0.3, 0.4) is 0 Å². The van der Waals surface area contributed by atoms with Gasteiger partial charge in [0.1, 0.15) is 0 Å². The third-order valence-electron chi connectivity index (χ3n) is 4.56. The van der Waals surface area contributed by atoms with Crippen molar-refractivity contribution >= 4 is 50.7 Å². The first-order chi connectivity index (χ1) is 13.3. The van der Waals surface area contributed by atoms with E-state index in [1.165, 1.54) is 24.3 Å². The van der Waals surface area contributed by atoms with Crippen molar-refractivity contribution in [3.63, 3.8) is 0 Å². The zero-order chi connectivity index (χ0) is 20.3. The van der Waals surface area contributed by atoms with Crippen LogP contribution in [-0.2, 0) is 21.4 Å². The maximum absolute atomic E-state index is 13.2. The summed E-state index contributed by atoms with van der Waals surface area (Å²) in [5.41, 5.74) is 0.640. The van der Waals surface area contributed by atoms with Gasteiger partial charge in [0.2, 0.25) is 15.9 Å². The summed E-state index contributed by atoms with van der Waals surface area (Å²) in [5.74, 6) is -0.213. The largest absolute Gasteiger partial charge is 0.342 e. The Morgan fingerprint density at radius 2 is 1.61 bits per heavy atom. The van der Waals surface area contributed by atoms with Crippen molar-refractivity contribution in [2.24, 2.45) is 0 Å². The normalized spacial score (nSPS) is 14.6. The van der Waals surface area contributed by atoms with E-state index in [0.29, 0.717) is 33.7 Å². The van der Waals surface area contributed by atoms with Crippen LogP contribution in [0, 0.1) is 0 Å². The van der Waals surface area contributed by atoms with E-state index in [0.717, 1.165) is 17.1 Å². The molecule has 0 aromatic heterocycles. The first kappa shape index (κ1) is 21.4. The molecule has 0 spiro atoms. The number of rotatable bonds is 6. The Hall–Kier alpha value is -1.31. The fraction of sp³-hybridized carbons (Fsp3) is 0.316. The van der Waals surface area contributed by atoms with Gasteiger partial charge in [0.05, 0.1) is 21.5 Å². The SMILES string of the molecule is O=C(CN(Cc1ccc(Cl)c(Cl)c1)S(=O)(=O)c1ccc(Cl)cc1)N1CCCC1. The molecular formula is C19H19Cl3N2O3S. The molecule has 0 unspecified atom stereocenters. The first-order valence-corrected chi connectivity index (χ1v) is 11.3. The van der Waals surface area contributed by atoms with Crippen molar-refractivity contribution in [1.29, 1.82) is 0 Å². The van der Waals surface area contributed by atoms with Gasteiger partial charge in [-0.25, -0.2) is 8.42 Å².